The van der Waals surface area contributed by atoms with E-state index in [9.17, 15) is 0 Å². The molecule has 3 rings (SSSR count). The molecule has 2 aromatic carbocycles. The van der Waals surface area contributed by atoms with Crippen LogP contribution in [0.3, 0.4) is 0 Å². The van der Waals surface area contributed by atoms with Crippen LogP contribution < -0.4 is 5.32 Å². The molecule has 0 bridgehead atoms. The van der Waals surface area contributed by atoms with Crippen molar-refractivity contribution in [1.29, 1.82) is 0 Å². The lowest BCUT2D eigenvalue weighted by atomic mass is 9.96. The Labute approximate surface area is 155 Å². The van der Waals surface area contributed by atoms with Gasteiger partial charge in [-0.2, -0.15) is 0 Å². The predicted molar refractivity (Wildman–Crippen MR) is 102 cm³/mol. The number of hydrogen-bond donors (Lipinski definition) is 1. The first kappa shape index (κ1) is 17.2. The fraction of sp³-hybridized carbons (Fsp3) is 0.333. The summed E-state index contributed by atoms with van der Waals surface area (Å²) < 4.78 is 1.12. The van der Waals surface area contributed by atoms with E-state index in [0.29, 0.717) is 10.0 Å². The topological polar surface area (TPSA) is 15.3 Å². The van der Waals surface area contributed by atoms with Crippen molar-refractivity contribution in [1.82, 2.24) is 10.2 Å². The Balaban J connectivity index is 2.05. The smallest absolute Gasteiger partial charge is 0.0613 e. The van der Waals surface area contributed by atoms with Gasteiger partial charge in [0, 0.05) is 24.1 Å². The predicted octanol–water partition coefficient (Wildman–Crippen LogP) is 5.14. The third kappa shape index (κ3) is 4.09. The van der Waals surface area contributed by atoms with Gasteiger partial charge in [0.15, 0.2) is 0 Å². The van der Waals surface area contributed by atoms with Crippen LogP contribution in [-0.2, 0) is 0 Å². The van der Waals surface area contributed by atoms with E-state index >= 15 is 0 Å². The van der Waals surface area contributed by atoms with Crippen LogP contribution in [0.4, 0.5) is 0 Å². The van der Waals surface area contributed by atoms with Gasteiger partial charge in [-0.25, -0.2) is 0 Å². The van der Waals surface area contributed by atoms with E-state index in [-0.39, 0.29) is 6.04 Å². The van der Waals surface area contributed by atoms with Crippen molar-refractivity contribution in [2.24, 2.45) is 0 Å². The Bertz CT molecular complexity index is 670. The maximum atomic E-state index is 6.28. The van der Waals surface area contributed by atoms with Crippen molar-refractivity contribution in [3.63, 3.8) is 0 Å². The van der Waals surface area contributed by atoms with E-state index < -0.39 is 0 Å². The first-order valence-corrected chi connectivity index (χ1v) is 9.36. The minimum atomic E-state index is 0.167. The highest BCUT2D eigenvalue weighted by atomic mass is 79.9. The molecule has 0 spiro atoms. The number of halogens is 3. The van der Waals surface area contributed by atoms with Gasteiger partial charge >= 0.3 is 0 Å². The normalized spacial score (nSPS) is 17.7. The lowest BCUT2D eigenvalue weighted by Crippen LogP contribution is -2.33. The van der Waals surface area contributed by atoms with E-state index in [1.807, 2.05) is 18.2 Å². The summed E-state index contributed by atoms with van der Waals surface area (Å²) in [4.78, 5) is 2.51. The summed E-state index contributed by atoms with van der Waals surface area (Å²) in [6.07, 6.45) is 1.14. The van der Waals surface area contributed by atoms with Gasteiger partial charge in [0.25, 0.3) is 0 Å². The van der Waals surface area contributed by atoms with Gasteiger partial charge in [-0.1, -0.05) is 63.4 Å². The number of hydrogen-bond acceptors (Lipinski definition) is 2. The van der Waals surface area contributed by atoms with Gasteiger partial charge in [-0.05, 0) is 42.3 Å². The highest BCUT2D eigenvalue weighted by molar-refractivity contribution is 9.10. The summed E-state index contributed by atoms with van der Waals surface area (Å²) in [5.41, 5.74) is 2.43. The van der Waals surface area contributed by atoms with E-state index in [2.05, 4.69) is 50.4 Å². The van der Waals surface area contributed by atoms with Crippen LogP contribution in [0.15, 0.2) is 46.9 Å². The molecule has 1 aliphatic rings. The van der Waals surface area contributed by atoms with Gasteiger partial charge in [0.1, 0.15) is 0 Å². The second-order valence-electron chi connectivity index (χ2n) is 5.74. The van der Waals surface area contributed by atoms with Crippen molar-refractivity contribution in [2.75, 3.05) is 26.2 Å². The van der Waals surface area contributed by atoms with E-state index in [0.717, 1.165) is 37.1 Å². The van der Waals surface area contributed by atoms with Crippen LogP contribution in [0.2, 0.25) is 10.0 Å². The average Bonchev–Trinajstić information content (AvgIpc) is 2.82. The standard InChI is InChI=1S/C18H19BrCl2N2/c19-15-5-2-1-4-14(15)18(23-10-3-8-22-9-11-23)13-6-7-16(20)17(21)12-13/h1-2,4-7,12,18,22H,3,8-11H2. The molecule has 2 nitrogen and oxygen atoms in total. The summed E-state index contributed by atoms with van der Waals surface area (Å²) in [7, 11) is 0. The lowest BCUT2D eigenvalue weighted by molar-refractivity contribution is 0.240. The van der Waals surface area contributed by atoms with Gasteiger partial charge < -0.3 is 5.32 Å². The highest BCUT2D eigenvalue weighted by Crippen LogP contribution is 2.36. The second-order valence-corrected chi connectivity index (χ2v) is 7.41. The highest BCUT2D eigenvalue weighted by Gasteiger charge is 2.25. The maximum Gasteiger partial charge on any atom is 0.0613 e. The van der Waals surface area contributed by atoms with Crippen LogP contribution in [0.1, 0.15) is 23.6 Å². The Morgan fingerprint density at radius 3 is 2.61 bits per heavy atom. The van der Waals surface area contributed by atoms with E-state index in [1.165, 1.54) is 11.1 Å². The first-order chi connectivity index (χ1) is 11.2. The van der Waals surface area contributed by atoms with Crippen LogP contribution >= 0.6 is 39.1 Å². The second kappa shape index (κ2) is 8.00. The van der Waals surface area contributed by atoms with Crippen molar-refractivity contribution in [3.05, 3.63) is 68.1 Å². The molecule has 0 radical (unpaired) electrons. The molecule has 0 saturated carbocycles. The first-order valence-electron chi connectivity index (χ1n) is 7.81. The Morgan fingerprint density at radius 1 is 1.00 bits per heavy atom. The van der Waals surface area contributed by atoms with Crippen LogP contribution in [-0.4, -0.2) is 31.1 Å². The molecule has 5 heteroatoms. The SMILES string of the molecule is Clc1ccc(C(c2ccccc2Br)N2CCCNCC2)cc1Cl. The summed E-state index contributed by atoms with van der Waals surface area (Å²) in [6.45, 7) is 4.13. The maximum absolute atomic E-state index is 6.28. The third-order valence-electron chi connectivity index (χ3n) is 4.20. The molecule has 1 N–H and O–H groups in total. The van der Waals surface area contributed by atoms with E-state index in [1.54, 1.807) is 0 Å². The number of nitrogens with one attached hydrogen (secondary N) is 1. The molecule has 1 atom stereocenters. The zero-order chi connectivity index (χ0) is 16.2. The minimum Gasteiger partial charge on any atom is -0.315 e. The molecule has 2 aromatic rings. The molecule has 1 unspecified atom stereocenters. The van der Waals surface area contributed by atoms with Crippen molar-refractivity contribution >= 4 is 39.1 Å². The monoisotopic (exact) mass is 412 g/mol. The zero-order valence-electron chi connectivity index (χ0n) is 12.7. The molecule has 122 valence electrons. The van der Waals surface area contributed by atoms with Crippen LogP contribution in [0.5, 0.6) is 0 Å². The fourth-order valence-corrected chi connectivity index (χ4v) is 3.90. The molecule has 1 heterocycles. The van der Waals surface area contributed by atoms with Crippen molar-refractivity contribution < 1.29 is 0 Å². The largest absolute Gasteiger partial charge is 0.315 e. The third-order valence-corrected chi connectivity index (χ3v) is 5.66. The van der Waals surface area contributed by atoms with Gasteiger partial charge in [0.2, 0.25) is 0 Å². The molecule has 0 amide bonds. The molecule has 1 aliphatic heterocycles. The fourth-order valence-electron chi connectivity index (χ4n) is 3.09. The molecule has 0 aromatic heterocycles. The average molecular weight is 414 g/mol. The molecular formula is C18H19BrCl2N2. The Hall–Kier alpha value is -0.580. The van der Waals surface area contributed by atoms with Crippen molar-refractivity contribution in [2.45, 2.75) is 12.5 Å². The van der Waals surface area contributed by atoms with Crippen molar-refractivity contribution in [3.8, 4) is 0 Å². The molecule has 23 heavy (non-hydrogen) atoms. The van der Waals surface area contributed by atoms with Gasteiger partial charge in [0.05, 0.1) is 16.1 Å². The number of nitrogens with zero attached hydrogens (tertiary/aromatic N) is 1. The summed E-state index contributed by atoms with van der Waals surface area (Å²) in [5.74, 6) is 0. The zero-order valence-corrected chi connectivity index (χ0v) is 15.8. The quantitative estimate of drug-likeness (QED) is 0.749. The molecule has 1 saturated heterocycles. The number of benzene rings is 2. The van der Waals surface area contributed by atoms with Crippen LogP contribution in [0.25, 0.3) is 0 Å². The van der Waals surface area contributed by atoms with Gasteiger partial charge in [-0.3, -0.25) is 4.90 Å². The molecule has 1 fully saturated rings. The lowest BCUT2D eigenvalue weighted by Gasteiger charge is -2.32. The van der Waals surface area contributed by atoms with Crippen LogP contribution in [0, 0.1) is 0 Å². The summed E-state index contributed by atoms with van der Waals surface area (Å²) >= 11 is 16.1. The van der Waals surface area contributed by atoms with Gasteiger partial charge in [-0.15, -0.1) is 0 Å². The molecule has 0 aliphatic carbocycles. The Morgan fingerprint density at radius 2 is 1.83 bits per heavy atom. The molecular weight excluding hydrogens is 395 g/mol. The number of rotatable bonds is 3. The summed E-state index contributed by atoms with van der Waals surface area (Å²) in [5, 5.41) is 4.67. The Kier molecular flexibility index (Phi) is 6.00. The summed E-state index contributed by atoms with van der Waals surface area (Å²) in [6, 6.07) is 14.5. The van der Waals surface area contributed by atoms with E-state index in [4.69, 9.17) is 23.2 Å². The minimum absolute atomic E-state index is 0.167.